The van der Waals surface area contributed by atoms with E-state index in [0.29, 0.717) is 36.5 Å². The maximum atomic E-state index is 11.7. The molecular formula is C40H67N7O8. The third-order valence-electron chi connectivity index (χ3n) is 12.3. The zero-order chi connectivity index (χ0) is 38.8. The van der Waals surface area contributed by atoms with E-state index in [1.54, 1.807) is 5.48 Å². The van der Waals surface area contributed by atoms with Crippen molar-refractivity contribution < 1.29 is 39.2 Å². The number of likely N-dealkylation sites (tertiary alicyclic amines) is 2. The normalized spacial score (nSPS) is 21.1. The molecule has 2 aromatic heterocycles. The molecule has 5 N–H and O–H groups in total. The van der Waals surface area contributed by atoms with Crippen LogP contribution in [0.25, 0.3) is 0 Å². The second kappa shape index (κ2) is 23.3. The van der Waals surface area contributed by atoms with Gasteiger partial charge in [-0.3, -0.25) is 24.6 Å². The number of carbonyl (C=O) groups excluding carboxylic acids is 1. The summed E-state index contributed by atoms with van der Waals surface area (Å²) in [6.45, 7) is 4.48. The summed E-state index contributed by atoms with van der Waals surface area (Å²) in [4.78, 5) is 36.5. The minimum Gasteiger partial charge on any atom is -0.481 e. The Kier molecular flexibility index (Phi) is 18.3. The van der Waals surface area contributed by atoms with E-state index in [0.717, 1.165) is 89.4 Å². The van der Waals surface area contributed by atoms with Gasteiger partial charge < -0.3 is 24.4 Å². The molecule has 4 aliphatic rings. The molecule has 0 aromatic carbocycles. The maximum Gasteiger partial charge on any atom is 0.304 e. The summed E-state index contributed by atoms with van der Waals surface area (Å²) < 4.78 is 10.9. The van der Waals surface area contributed by atoms with Crippen LogP contribution < -0.4 is 5.48 Å². The van der Waals surface area contributed by atoms with E-state index in [1.165, 1.54) is 77.0 Å². The monoisotopic (exact) mass is 774 g/mol. The van der Waals surface area contributed by atoms with Crippen LogP contribution in [0.2, 0.25) is 0 Å². The van der Waals surface area contributed by atoms with Gasteiger partial charge in [0.25, 0.3) is 0 Å². The summed E-state index contributed by atoms with van der Waals surface area (Å²) in [5.74, 6) is 2.18. The summed E-state index contributed by atoms with van der Waals surface area (Å²) >= 11 is 0. The fourth-order valence-electron chi connectivity index (χ4n) is 8.91. The molecule has 4 heterocycles. The first-order valence-electron chi connectivity index (χ1n) is 21.3. The fraction of sp³-hybridized carbons (Fsp3) is 0.850. The smallest absolute Gasteiger partial charge is 0.304 e. The number of aliphatic hydroxyl groups is 2. The van der Waals surface area contributed by atoms with Gasteiger partial charge in [0.2, 0.25) is 17.7 Å². The number of hydrogen-bond acceptors (Lipinski definition) is 13. The molecule has 2 saturated carbocycles. The van der Waals surface area contributed by atoms with Crippen LogP contribution in [-0.4, -0.2) is 101 Å². The van der Waals surface area contributed by atoms with Gasteiger partial charge in [-0.2, -0.15) is 9.97 Å². The molecule has 2 atom stereocenters. The van der Waals surface area contributed by atoms with Crippen molar-refractivity contribution in [3.8, 4) is 0 Å². The third-order valence-corrected chi connectivity index (χ3v) is 12.3. The first-order chi connectivity index (χ1) is 26.7. The number of rotatable bonds is 18. The fourth-order valence-corrected chi connectivity index (χ4v) is 8.91. The number of aromatic nitrogens is 4. The summed E-state index contributed by atoms with van der Waals surface area (Å²) in [5.41, 5.74) is 1.72. The van der Waals surface area contributed by atoms with Crippen LogP contribution >= 0.6 is 0 Å². The van der Waals surface area contributed by atoms with E-state index in [1.807, 2.05) is 0 Å². The van der Waals surface area contributed by atoms with Crippen molar-refractivity contribution in [3.05, 3.63) is 23.4 Å². The minimum atomic E-state index is -0.817. The van der Waals surface area contributed by atoms with Gasteiger partial charge in [0.15, 0.2) is 11.6 Å². The summed E-state index contributed by atoms with van der Waals surface area (Å²) in [6, 6.07) is 0. The number of carbonyl (C=O) groups is 2. The number of aliphatic carboxylic acids is 1. The predicted octanol–water partition coefficient (Wildman–Crippen LogP) is 6.09. The number of amides is 1. The molecule has 0 spiro atoms. The molecule has 0 radical (unpaired) electrons. The van der Waals surface area contributed by atoms with Crippen LogP contribution in [0, 0.1) is 11.8 Å². The Bertz CT molecular complexity index is 1380. The van der Waals surface area contributed by atoms with Gasteiger partial charge in [-0.15, -0.1) is 0 Å². The summed E-state index contributed by atoms with van der Waals surface area (Å²) in [6.07, 6.45) is 22.2. The number of carboxylic acid groups (broad SMARTS) is 1. The zero-order valence-corrected chi connectivity index (χ0v) is 32.9. The quantitative estimate of drug-likeness (QED) is 0.0857. The standard InChI is InChI=1S/C20H34N4O4.C20H33N3O4/c25-17-9-11-24(12-10-17)14-18-21-20(28-23-18)16(13-19(26)22-27)8-4-7-15-5-2-1-3-6-15;24-17-9-11-23(12-10-17)14-18-21-20(27-22-18)16(13-19(25)26)8-4-7-15-5-2-1-3-6-15/h15-17,25,27H,1-14H2,(H,22,26);15-17,24H,1-14H2,(H,25,26)/t2*16-/m11/s1. The highest BCUT2D eigenvalue weighted by Gasteiger charge is 2.27. The van der Waals surface area contributed by atoms with E-state index in [-0.39, 0.29) is 36.9 Å². The van der Waals surface area contributed by atoms with E-state index in [9.17, 15) is 24.9 Å². The van der Waals surface area contributed by atoms with Crippen molar-refractivity contribution in [1.82, 2.24) is 35.6 Å². The molecule has 0 bridgehead atoms. The SMILES string of the molecule is O=C(C[C@@H](CCCC1CCCCC1)c1nc(CN2CCC(O)CC2)no1)NO.O=C(O)C[C@@H](CCCC1CCCCC1)c1nc(CN2CCC(O)CC2)no1. The topological polar surface area (TPSA) is 211 Å². The lowest BCUT2D eigenvalue weighted by Gasteiger charge is -2.28. The highest BCUT2D eigenvalue weighted by molar-refractivity contribution is 5.75. The Morgan fingerprint density at radius 1 is 0.655 bits per heavy atom. The molecule has 15 nitrogen and oxygen atoms in total. The van der Waals surface area contributed by atoms with Crippen LogP contribution in [0.15, 0.2) is 9.05 Å². The molecule has 15 heteroatoms. The van der Waals surface area contributed by atoms with Crippen molar-refractivity contribution in [2.45, 2.75) is 178 Å². The number of carboxylic acids is 1. The largest absolute Gasteiger partial charge is 0.481 e. The van der Waals surface area contributed by atoms with Gasteiger partial charge in [0.1, 0.15) is 0 Å². The third kappa shape index (κ3) is 15.5. The van der Waals surface area contributed by atoms with Gasteiger partial charge in [0, 0.05) is 44.4 Å². The molecule has 6 rings (SSSR count). The average Bonchev–Trinajstić information content (AvgIpc) is 3.87. The molecule has 310 valence electrons. The number of piperidine rings is 2. The number of nitrogens with zero attached hydrogens (tertiary/aromatic N) is 6. The lowest BCUT2D eigenvalue weighted by atomic mass is 9.84. The Labute approximate surface area is 326 Å². The maximum absolute atomic E-state index is 11.7. The summed E-state index contributed by atoms with van der Waals surface area (Å²) in [5, 5.41) is 45.6. The van der Waals surface area contributed by atoms with Crippen LogP contribution in [0.1, 0.15) is 177 Å². The van der Waals surface area contributed by atoms with Crippen molar-refractivity contribution in [2.75, 3.05) is 26.2 Å². The van der Waals surface area contributed by atoms with Crippen LogP contribution in [-0.2, 0) is 22.7 Å². The van der Waals surface area contributed by atoms with Crippen molar-refractivity contribution >= 4 is 11.9 Å². The van der Waals surface area contributed by atoms with Crippen LogP contribution in [0.4, 0.5) is 0 Å². The number of hydrogen-bond donors (Lipinski definition) is 5. The van der Waals surface area contributed by atoms with Crippen molar-refractivity contribution in [3.63, 3.8) is 0 Å². The molecule has 2 aliphatic heterocycles. The number of hydroxylamine groups is 1. The van der Waals surface area contributed by atoms with Gasteiger partial charge >= 0.3 is 5.97 Å². The molecule has 1 amide bonds. The van der Waals surface area contributed by atoms with E-state index < -0.39 is 11.9 Å². The van der Waals surface area contributed by atoms with Gasteiger partial charge in [0.05, 0.1) is 31.7 Å². The Balaban J connectivity index is 0.000000211. The molecular weight excluding hydrogens is 706 g/mol. The number of nitrogens with one attached hydrogen (secondary N) is 1. The summed E-state index contributed by atoms with van der Waals surface area (Å²) in [7, 11) is 0. The van der Waals surface area contributed by atoms with E-state index in [4.69, 9.17) is 14.3 Å². The van der Waals surface area contributed by atoms with Crippen LogP contribution in [0.5, 0.6) is 0 Å². The zero-order valence-electron chi connectivity index (χ0n) is 32.9. The Hall–Kier alpha value is -2.98. The Morgan fingerprint density at radius 3 is 1.47 bits per heavy atom. The second-order valence-corrected chi connectivity index (χ2v) is 16.7. The van der Waals surface area contributed by atoms with Gasteiger partial charge in [-0.1, -0.05) is 100 Å². The second-order valence-electron chi connectivity index (χ2n) is 16.7. The molecule has 2 aliphatic carbocycles. The molecule has 0 unspecified atom stereocenters. The molecule has 4 fully saturated rings. The first kappa shape index (κ1) is 43.1. The first-order valence-corrected chi connectivity index (χ1v) is 21.3. The van der Waals surface area contributed by atoms with Gasteiger partial charge in [-0.05, 0) is 50.4 Å². The Morgan fingerprint density at radius 2 is 1.07 bits per heavy atom. The number of aliphatic hydroxyl groups excluding tert-OH is 2. The molecule has 2 aromatic rings. The predicted molar refractivity (Wildman–Crippen MR) is 203 cm³/mol. The highest BCUT2D eigenvalue weighted by Crippen LogP contribution is 2.33. The van der Waals surface area contributed by atoms with Crippen LogP contribution in [0.3, 0.4) is 0 Å². The van der Waals surface area contributed by atoms with E-state index >= 15 is 0 Å². The highest BCUT2D eigenvalue weighted by atomic mass is 16.5. The molecule has 55 heavy (non-hydrogen) atoms. The van der Waals surface area contributed by atoms with E-state index in [2.05, 4.69) is 30.1 Å². The minimum absolute atomic E-state index is 0.0439. The van der Waals surface area contributed by atoms with Crippen molar-refractivity contribution in [2.24, 2.45) is 11.8 Å². The molecule has 2 saturated heterocycles. The van der Waals surface area contributed by atoms with Gasteiger partial charge in [-0.25, -0.2) is 5.48 Å². The average molecular weight is 774 g/mol. The lowest BCUT2D eigenvalue weighted by molar-refractivity contribution is -0.137. The lowest BCUT2D eigenvalue weighted by Crippen LogP contribution is -2.35. The van der Waals surface area contributed by atoms with Crippen molar-refractivity contribution in [1.29, 1.82) is 0 Å².